The van der Waals surface area contributed by atoms with E-state index in [9.17, 15) is 9.90 Å². The molecule has 130 valence electrons. The molecule has 1 aromatic heterocycles. The van der Waals surface area contributed by atoms with E-state index in [2.05, 4.69) is 10.3 Å². The molecule has 0 saturated heterocycles. The molecule has 3 N–H and O–H groups in total. The average molecular weight is 340 g/mol. The highest BCUT2D eigenvalue weighted by Crippen LogP contribution is 2.26. The van der Waals surface area contributed by atoms with Crippen LogP contribution in [-0.2, 0) is 0 Å². The van der Waals surface area contributed by atoms with Gasteiger partial charge in [-0.15, -0.1) is 0 Å². The van der Waals surface area contributed by atoms with Crippen LogP contribution in [0.4, 0.5) is 0 Å². The Kier molecular flexibility index (Phi) is 4.90. The molecule has 1 atom stereocenters. The van der Waals surface area contributed by atoms with Gasteiger partial charge in [-0.25, -0.2) is 0 Å². The van der Waals surface area contributed by atoms with E-state index in [0.29, 0.717) is 22.6 Å². The first kappa shape index (κ1) is 16.9. The highest BCUT2D eigenvalue weighted by molar-refractivity contribution is 5.98. The summed E-state index contributed by atoms with van der Waals surface area (Å²) < 4.78 is 10.4. The number of rotatable bonds is 6. The smallest absolute Gasteiger partial charge is 0.251 e. The van der Waals surface area contributed by atoms with Gasteiger partial charge in [-0.2, -0.15) is 0 Å². The van der Waals surface area contributed by atoms with E-state index in [-0.39, 0.29) is 12.5 Å². The largest absolute Gasteiger partial charge is 0.497 e. The number of amides is 1. The first-order valence-corrected chi connectivity index (χ1v) is 7.87. The van der Waals surface area contributed by atoms with Crippen molar-refractivity contribution in [3.8, 4) is 11.5 Å². The van der Waals surface area contributed by atoms with E-state index in [1.807, 2.05) is 24.4 Å². The van der Waals surface area contributed by atoms with Crippen LogP contribution in [0.15, 0.2) is 48.7 Å². The topological polar surface area (TPSA) is 83.6 Å². The predicted molar refractivity (Wildman–Crippen MR) is 95.1 cm³/mol. The zero-order valence-corrected chi connectivity index (χ0v) is 14.1. The Hall–Kier alpha value is -2.99. The summed E-state index contributed by atoms with van der Waals surface area (Å²) in [7, 11) is 3.09. The van der Waals surface area contributed by atoms with Crippen molar-refractivity contribution in [2.45, 2.75) is 6.10 Å². The molecule has 3 aromatic rings. The number of benzene rings is 2. The minimum Gasteiger partial charge on any atom is -0.497 e. The van der Waals surface area contributed by atoms with Crippen molar-refractivity contribution in [3.63, 3.8) is 0 Å². The number of hydrogen-bond donors (Lipinski definition) is 3. The number of nitrogens with one attached hydrogen (secondary N) is 2. The first-order valence-electron chi connectivity index (χ1n) is 7.87. The Morgan fingerprint density at radius 3 is 2.52 bits per heavy atom. The molecular formula is C19H20N2O4. The second-order valence-corrected chi connectivity index (χ2v) is 5.65. The number of ether oxygens (including phenoxy) is 2. The fraction of sp³-hybridized carbons (Fsp3) is 0.211. The number of carbonyl (C=O) groups is 1. The zero-order valence-electron chi connectivity index (χ0n) is 14.1. The molecule has 1 amide bonds. The summed E-state index contributed by atoms with van der Waals surface area (Å²) in [6.45, 7) is 0.0837. The maximum atomic E-state index is 12.3. The lowest BCUT2D eigenvalue weighted by Gasteiger charge is -2.15. The molecule has 0 fully saturated rings. The van der Waals surface area contributed by atoms with Gasteiger partial charge in [0.2, 0.25) is 0 Å². The minimum absolute atomic E-state index is 0.0837. The molecule has 0 aliphatic heterocycles. The Morgan fingerprint density at radius 1 is 1.12 bits per heavy atom. The van der Waals surface area contributed by atoms with Gasteiger partial charge in [0.05, 0.1) is 20.3 Å². The average Bonchev–Trinajstić information content (AvgIpc) is 3.12. The van der Waals surface area contributed by atoms with Crippen LogP contribution < -0.4 is 14.8 Å². The van der Waals surface area contributed by atoms with Gasteiger partial charge in [0, 0.05) is 35.3 Å². The van der Waals surface area contributed by atoms with Gasteiger partial charge in [0.15, 0.2) is 0 Å². The Labute approximate surface area is 145 Å². The Bertz CT molecular complexity index is 866. The summed E-state index contributed by atoms with van der Waals surface area (Å²) in [6.07, 6.45) is 0.954. The van der Waals surface area contributed by atoms with Crippen LogP contribution in [0.1, 0.15) is 22.0 Å². The molecule has 0 aliphatic rings. The van der Waals surface area contributed by atoms with Gasteiger partial charge >= 0.3 is 0 Å². The standard InChI is InChI=1S/C19H20N2O4/c1-24-15-8-14(9-16(10-15)25-2)18(22)11-21-19(23)13-3-4-17-12(7-13)5-6-20-17/h3-10,18,20,22H,11H2,1-2H3,(H,21,23). The number of aliphatic hydroxyl groups is 1. The normalized spacial score (nSPS) is 12.0. The van der Waals surface area contributed by atoms with Crippen LogP contribution >= 0.6 is 0 Å². The fourth-order valence-electron chi connectivity index (χ4n) is 2.63. The third-order valence-corrected chi connectivity index (χ3v) is 4.03. The van der Waals surface area contributed by atoms with Gasteiger partial charge in [-0.3, -0.25) is 4.79 Å². The van der Waals surface area contributed by atoms with Gasteiger partial charge in [-0.05, 0) is 42.0 Å². The SMILES string of the molecule is COc1cc(OC)cc(C(O)CNC(=O)c2ccc3[nH]ccc3c2)c1. The number of hydrogen-bond acceptors (Lipinski definition) is 4. The van der Waals surface area contributed by atoms with Gasteiger partial charge < -0.3 is 24.9 Å². The van der Waals surface area contributed by atoms with Gasteiger partial charge in [0.25, 0.3) is 5.91 Å². The number of fused-ring (bicyclic) bond motifs is 1. The molecule has 0 bridgehead atoms. The van der Waals surface area contributed by atoms with Crippen LogP contribution in [0.3, 0.4) is 0 Å². The summed E-state index contributed by atoms with van der Waals surface area (Å²) in [4.78, 5) is 15.4. The quantitative estimate of drug-likeness (QED) is 0.644. The van der Waals surface area contributed by atoms with Crippen molar-refractivity contribution in [2.75, 3.05) is 20.8 Å². The van der Waals surface area contributed by atoms with Crippen molar-refractivity contribution in [1.82, 2.24) is 10.3 Å². The Morgan fingerprint density at radius 2 is 1.84 bits per heavy atom. The lowest BCUT2D eigenvalue weighted by atomic mass is 10.1. The third-order valence-electron chi connectivity index (χ3n) is 4.03. The van der Waals surface area contributed by atoms with Crippen molar-refractivity contribution in [2.24, 2.45) is 0 Å². The summed E-state index contributed by atoms with van der Waals surface area (Å²) in [6, 6.07) is 12.5. The number of carbonyl (C=O) groups excluding carboxylic acids is 1. The molecule has 1 heterocycles. The first-order chi connectivity index (χ1) is 12.1. The number of aromatic amines is 1. The molecule has 25 heavy (non-hydrogen) atoms. The second-order valence-electron chi connectivity index (χ2n) is 5.65. The maximum Gasteiger partial charge on any atom is 0.251 e. The second kappa shape index (κ2) is 7.27. The van der Waals surface area contributed by atoms with Gasteiger partial charge in [-0.1, -0.05) is 0 Å². The van der Waals surface area contributed by atoms with E-state index < -0.39 is 6.10 Å². The highest BCUT2D eigenvalue weighted by Gasteiger charge is 2.14. The zero-order chi connectivity index (χ0) is 17.8. The number of methoxy groups -OCH3 is 2. The molecule has 3 rings (SSSR count). The third kappa shape index (κ3) is 3.75. The summed E-state index contributed by atoms with van der Waals surface area (Å²) in [5, 5.41) is 14.1. The van der Waals surface area contributed by atoms with E-state index in [4.69, 9.17) is 9.47 Å². The van der Waals surface area contributed by atoms with E-state index in [1.54, 1.807) is 38.5 Å². The summed E-state index contributed by atoms with van der Waals surface area (Å²) in [5.41, 5.74) is 2.13. The van der Waals surface area contributed by atoms with Crippen LogP contribution in [0.5, 0.6) is 11.5 Å². The van der Waals surface area contributed by atoms with Crippen LogP contribution in [0.25, 0.3) is 10.9 Å². The minimum atomic E-state index is -0.871. The number of H-pyrrole nitrogens is 1. The van der Waals surface area contributed by atoms with E-state index in [1.165, 1.54) is 0 Å². The molecule has 2 aromatic carbocycles. The van der Waals surface area contributed by atoms with E-state index in [0.717, 1.165) is 10.9 Å². The van der Waals surface area contributed by atoms with Crippen molar-refractivity contribution >= 4 is 16.8 Å². The highest BCUT2D eigenvalue weighted by atomic mass is 16.5. The Balaban J connectivity index is 1.68. The van der Waals surface area contributed by atoms with Crippen molar-refractivity contribution in [3.05, 3.63) is 59.8 Å². The monoisotopic (exact) mass is 340 g/mol. The van der Waals surface area contributed by atoms with E-state index >= 15 is 0 Å². The molecular weight excluding hydrogens is 320 g/mol. The lowest BCUT2D eigenvalue weighted by Crippen LogP contribution is -2.28. The van der Waals surface area contributed by atoms with Crippen LogP contribution in [-0.4, -0.2) is 36.8 Å². The summed E-state index contributed by atoms with van der Waals surface area (Å²) in [5.74, 6) is 0.923. The van der Waals surface area contributed by atoms with Crippen molar-refractivity contribution in [1.29, 1.82) is 0 Å². The molecule has 0 radical (unpaired) electrons. The fourth-order valence-corrected chi connectivity index (χ4v) is 2.63. The van der Waals surface area contributed by atoms with Crippen LogP contribution in [0.2, 0.25) is 0 Å². The van der Waals surface area contributed by atoms with Gasteiger partial charge in [0.1, 0.15) is 11.5 Å². The molecule has 0 saturated carbocycles. The molecule has 0 aliphatic carbocycles. The molecule has 0 spiro atoms. The molecule has 1 unspecified atom stereocenters. The van der Waals surface area contributed by atoms with Crippen LogP contribution in [0, 0.1) is 0 Å². The number of aromatic nitrogens is 1. The predicted octanol–water partition coefficient (Wildman–Crippen LogP) is 2.65. The van der Waals surface area contributed by atoms with Crippen molar-refractivity contribution < 1.29 is 19.4 Å². The molecule has 6 heteroatoms. The lowest BCUT2D eigenvalue weighted by molar-refractivity contribution is 0.0916. The summed E-state index contributed by atoms with van der Waals surface area (Å²) >= 11 is 0. The number of aliphatic hydroxyl groups excluding tert-OH is 1. The molecule has 6 nitrogen and oxygen atoms in total. The maximum absolute atomic E-state index is 12.3.